The number of nitrogens with one attached hydrogen (secondary N) is 2. The SMILES string of the molecule is C[C@@H](CC(=O)NC(CC1CCCCC1)C(=O)O)NC(=O)OCC1c2ccccc2-c2ccccc21. The summed E-state index contributed by atoms with van der Waals surface area (Å²) in [5.74, 6) is -1.11. The Kier molecular flexibility index (Phi) is 8.06. The van der Waals surface area contributed by atoms with E-state index in [-0.39, 0.29) is 24.9 Å². The van der Waals surface area contributed by atoms with Gasteiger partial charge < -0.3 is 20.5 Å². The molecule has 7 heteroatoms. The number of aliphatic carboxylic acids is 1. The molecule has 1 fully saturated rings. The van der Waals surface area contributed by atoms with Crippen LogP contribution in [0.25, 0.3) is 11.1 Å². The van der Waals surface area contributed by atoms with Crippen molar-refractivity contribution in [2.24, 2.45) is 5.92 Å². The van der Waals surface area contributed by atoms with Gasteiger partial charge in [-0.1, -0.05) is 80.6 Å². The van der Waals surface area contributed by atoms with E-state index in [4.69, 9.17) is 4.74 Å². The highest BCUT2D eigenvalue weighted by molar-refractivity contribution is 5.84. The van der Waals surface area contributed by atoms with Gasteiger partial charge in [0.1, 0.15) is 12.6 Å². The number of carbonyl (C=O) groups excluding carboxylic acids is 2. The summed E-state index contributed by atoms with van der Waals surface area (Å²) in [4.78, 5) is 36.6. The lowest BCUT2D eigenvalue weighted by atomic mass is 9.85. The molecule has 0 aliphatic heterocycles. The van der Waals surface area contributed by atoms with Crippen molar-refractivity contribution in [1.82, 2.24) is 10.6 Å². The van der Waals surface area contributed by atoms with E-state index in [0.29, 0.717) is 12.3 Å². The minimum Gasteiger partial charge on any atom is -0.480 e. The van der Waals surface area contributed by atoms with Crippen LogP contribution in [0, 0.1) is 5.92 Å². The smallest absolute Gasteiger partial charge is 0.407 e. The molecule has 2 aromatic rings. The number of amides is 2. The maximum absolute atomic E-state index is 12.5. The third-order valence-corrected chi connectivity index (χ3v) is 7.13. The standard InChI is InChI=1S/C28H34N2O5/c1-18(15-26(31)30-25(27(32)33)16-19-9-3-2-4-10-19)29-28(34)35-17-24-22-13-7-5-11-20(22)21-12-6-8-14-23(21)24/h5-8,11-14,18-19,24-25H,2-4,9-10,15-17H2,1H3,(H,29,34)(H,30,31)(H,32,33)/t18-,25?/m0/s1. The Hall–Kier alpha value is -3.35. The first-order chi connectivity index (χ1) is 16.9. The van der Waals surface area contributed by atoms with Gasteiger partial charge in [0.15, 0.2) is 0 Å². The largest absolute Gasteiger partial charge is 0.480 e. The second-order valence-electron chi connectivity index (χ2n) is 9.77. The molecule has 2 aromatic carbocycles. The summed E-state index contributed by atoms with van der Waals surface area (Å²) in [5, 5.41) is 14.9. The summed E-state index contributed by atoms with van der Waals surface area (Å²) < 4.78 is 5.54. The maximum Gasteiger partial charge on any atom is 0.407 e. The molecule has 35 heavy (non-hydrogen) atoms. The second kappa shape index (κ2) is 11.4. The fourth-order valence-electron chi connectivity index (χ4n) is 5.40. The number of carbonyl (C=O) groups is 3. The van der Waals surface area contributed by atoms with Crippen molar-refractivity contribution in [2.45, 2.75) is 69.9 Å². The molecule has 4 rings (SSSR count). The molecule has 186 valence electrons. The summed E-state index contributed by atoms with van der Waals surface area (Å²) in [6.07, 6.45) is 5.30. The molecule has 0 radical (unpaired) electrons. The highest BCUT2D eigenvalue weighted by atomic mass is 16.5. The molecule has 3 N–H and O–H groups in total. The Morgan fingerprint density at radius 1 is 0.943 bits per heavy atom. The molecule has 0 heterocycles. The molecule has 2 aliphatic rings. The number of fused-ring (bicyclic) bond motifs is 3. The summed E-state index contributed by atoms with van der Waals surface area (Å²) in [6.45, 7) is 1.90. The van der Waals surface area contributed by atoms with Crippen LogP contribution in [0.5, 0.6) is 0 Å². The molecule has 2 aliphatic carbocycles. The van der Waals surface area contributed by atoms with Crippen LogP contribution in [0.15, 0.2) is 48.5 Å². The van der Waals surface area contributed by atoms with Crippen LogP contribution >= 0.6 is 0 Å². The Morgan fingerprint density at radius 2 is 1.54 bits per heavy atom. The Morgan fingerprint density at radius 3 is 2.14 bits per heavy atom. The topological polar surface area (TPSA) is 105 Å². The average Bonchev–Trinajstić information content (AvgIpc) is 3.16. The van der Waals surface area contributed by atoms with Crippen molar-refractivity contribution >= 4 is 18.0 Å². The summed E-state index contributed by atoms with van der Waals surface area (Å²) in [6, 6.07) is 14.9. The molecular formula is C28H34N2O5. The minimum absolute atomic E-state index is 0.0152. The molecular weight excluding hydrogens is 444 g/mol. The van der Waals surface area contributed by atoms with Crippen molar-refractivity contribution in [3.63, 3.8) is 0 Å². The van der Waals surface area contributed by atoms with Gasteiger partial charge in [0.25, 0.3) is 0 Å². The van der Waals surface area contributed by atoms with Crippen LogP contribution < -0.4 is 10.6 Å². The zero-order valence-corrected chi connectivity index (χ0v) is 20.2. The van der Waals surface area contributed by atoms with E-state index >= 15 is 0 Å². The van der Waals surface area contributed by atoms with E-state index in [0.717, 1.165) is 47.9 Å². The van der Waals surface area contributed by atoms with Crippen LogP contribution in [0.2, 0.25) is 0 Å². The number of carboxylic acids is 1. The lowest BCUT2D eigenvalue weighted by Gasteiger charge is -2.25. The van der Waals surface area contributed by atoms with Crippen molar-refractivity contribution in [3.8, 4) is 11.1 Å². The quantitative estimate of drug-likeness (QED) is 0.478. The Bertz CT molecular complexity index is 1020. The van der Waals surface area contributed by atoms with E-state index in [1.165, 1.54) is 6.42 Å². The monoisotopic (exact) mass is 478 g/mol. The van der Waals surface area contributed by atoms with Crippen molar-refractivity contribution in [2.75, 3.05) is 6.61 Å². The summed E-state index contributed by atoms with van der Waals surface area (Å²) in [7, 11) is 0. The molecule has 2 amide bonds. The third-order valence-electron chi connectivity index (χ3n) is 7.13. The van der Waals surface area contributed by atoms with Crippen LogP contribution in [0.3, 0.4) is 0 Å². The normalized spacial score (nSPS) is 17.1. The Labute approximate surface area is 206 Å². The number of carboxylic acid groups (broad SMARTS) is 1. The molecule has 1 unspecified atom stereocenters. The van der Waals surface area contributed by atoms with Crippen LogP contribution in [0.4, 0.5) is 4.79 Å². The fraction of sp³-hybridized carbons (Fsp3) is 0.464. The second-order valence-corrected chi connectivity index (χ2v) is 9.77. The first kappa shape index (κ1) is 24.8. The van der Waals surface area contributed by atoms with Gasteiger partial charge in [0.2, 0.25) is 5.91 Å². The van der Waals surface area contributed by atoms with Gasteiger partial charge in [-0.25, -0.2) is 9.59 Å². The van der Waals surface area contributed by atoms with Crippen LogP contribution in [0.1, 0.15) is 68.9 Å². The van der Waals surface area contributed by atoms with Gasteiger partial charge in [0.05, 0.1) is 0 Å². The van der Waals surface area contributed by atoms with Gasteiger partial charge in [-0.05, 0) is 41.5 Å². The molecule has 0 saturated heterocycles. The zero-order chi connectivity index (χ0) is 24.8. The minimum atomic E-state index is -1.01. The number of hydrogen-bond donors (Lipinski definition) is 3. The summed E-state index contributed by atoms with van der Waals surface area (Å²) >= 11 is 0. The zero-order valence-electron chi connectivity index (χ0n) is 20.2. The maximum atomic E-state index is 12.5. The van der Waals surface area contributed by atoms with Crippen molar-refractivity contribution in [1.29, 1.82) is 0 Å². The van der Waals surface area contributed by atoms with Gasteiger partial charge >= 0.3 is 12.1 Å². The molecule has 1 saturated carbocycles. The van der Waals surface area contributed by atoms with E-state index in [1.807, 2.05) is 24.3 Å². The van der Waals surface area contributed by atoms with Gasteiger partial charge in [-0.3, -0.25) is 4.79 Å². The van der Waals surface area contributed by atoms with Crippen molar-refractivity contribution < 1.29 is 24.2 Å². The molecule has 0 aromatic heterocycles. The number of rotatable bonds is 9. The molecule has 7 nitrogen and oxygen atoms in total. The predicted molar refractivity (Wildman–Crippen MR) is 133 cm³/mol. The van der Waals surface area contributed by atoms with Crippen molar-refractivity contribution in [3.05, 3.63) is 59.7 Å². The van der Waals surface area contributed by atoms with Crippen LogP contribution in [-0.4, -0.2) is 41.8 Å². The highest BCUT2D eigenvalue weighted by Gasteiger charge is 2.29. The van der Waals surface area contributed by atoms with E-state index in [1.54, 1.807) is 6.92 Å². The number of ether oxygens (including phenoxy) is 1. The van der Waals surface area contributed by atoms with E-state index in [9.17, 15) is 19.5 Å². The van der Waals surface area contributed by atoms with Gasteiger partial charge in [0, 0.05) is 18.4 Å². The van der Waals surface area contributed by atoms with Crippen LogP contribution in [-0.2, 0) is 14.3 Å². The number of benzene rings is 2. The number of hydrogen-bond acceptors (Lipinski definition) is 4. The first-order valence-corrected chi connectivity index (χ1v) is 12.6. The molecule has 2 atom stereocenters. The first-order valence-electron chi connectivity index (χ1n) is 12.6. The van der Waals surface area contributed by atoms with Gasteiger partial charge in [-0.15, -0.1) is 0 Å². The predicted octanol–water partition coefficient (Wildman–Crippen LogP) is 4.84. The summed E-state index contributed by atoms with van der Waals surface area (Å²) in [5.41, 5.74) is 4.57. The Balaban J connectivity index is 1.25. The lowest BCUT2D eigenvalue weighted by molar-refractivity contribution is -0.142. The molecule has 0 bridgehead atoms. The molecule has 0 spiro atoms. The third kappa shape index (κ3) is 6.21. The fourth-order valence-corrected chi connectivity index (χ4v) is 5.40. The lowest BCUT2D eigenvalue weighted by Crippen LogP contribution is -2.45. The van der Waals surface area contributed by atoms with E-state index < -0.39 is 24.1 Å². The number of alkyl carbamates (subject to hydrolysis) is 1. The van der Waals surface area contributed by atoms with E-state index in [2.05, 4.69) is 34.9 Å². The van der Waals surface area contributed by atoms with Gasteiger partial charge in [-0.2, -0.15) is 0 Å². The highest BCUT2D eigenvalue weighted by Crippen LogP contribution is 2.44. The average molecular weight is 479 g/mol.